The second-order valence-electron chi connectivity index (χ2n) is 6.84. The summed E-state index contributed by atoms with van der Waals surface area (Å²) in [7, 11) is 1.82. The second kappa shape index (κ2) is 12.4. The smallest absolute Gasteiger partial charge is 0.191 e. The van der Waals surface area contributed by atoms with E-state index in [1.807, 2.05) is 7.05 Å². The molecule has 6 heteroatoms. The fourth-order valence-corrected chi connectivity index (χ4v) is 4.01. The maximum absolute atomic E-state index is 4.31. The van der Waals surface area contributed by atoms with Gasteiger partial charge in [0.2, 0.25) is 0 Å². The van der Waals surface area contributed by atoms with E-state index >= 15 is 0 Å². The van der Waals surface area contributed by atoms with E-state index in [1.54, 1.807) is 11.3 Å². The summed E-state index contributed by atoms with van der Waals surface area (Å²) in [4.78, 5) is 8.27. The molecule has 1 aromatic heterocycles. The third-order valence-corrected chi connectivity index (χ3v) is 5.74. The molecule has 148 valence electrons. The van der Waals surface area contributed by atoms with Crippen LogP contribution >= 0.6 is 35.3 Å². The molecule has 0 amide bonds. The number of nitrogens with one attached hydrogen (secondary N) is 2. The lowest BCUT2D eigenvalue weighted by atomic mass is 10.1. The number of benzene rings is 1. The average molecular weight is 498 g/mol. The molecule has 27 heavy (non-hydrogen) atoms. The molecule has 3 rings (SSSR count). The Morgan fingerprint density at radius 2 is 1.78 bits per heavy atom. The number of hydrogen-bond donors (Lipinski definition) is 2. The molecule has 1 aromatic carbocycles. The van der Waals surface area contributed by atoms with Crippen LogP contribution in [0.25, 0.3) is 0 Å². The Hall–Kier alpha value is -1.12. The van der Waals surface area contributed by atoms with E-state index in [0.29, 0.717) is 0 Å². The van der Waals surface area contributed by atoms with Crippen LogP contribution in [0.1, 0.15) is 35.3 Å². The molecule has 0 atom stereocenters. The zero-order valence-electron chi connectivity index (χ0n) is 16.1. The van der Waals surface area contributed by atoms with Crippen LogP contribution in [0.15, 0.2) is 46.8 Å². The Bertz CT molecular complexity index is 664. The number of rotatable bonds is 7. The molecule has 0 radical (unpaired) electrons. The highest BCUT2D eigenvalue weighted by molar-refractivity contribution is 14.0. The molecule has 2 aromatic rings. The van der Waals surface area contributed by atoms with E-state index in [-0.39, 0.29) is 24.0 Å². The Morgan fingerprint density at radius 1 is 1.04 bits per heavy atom. The molecule has 2 heterocycles. The van der Waals surface area contributed by atoms with Gasteiger partial charge in [-0.3, -0.25) is 9.89 Å². The zero-order chi connectivity index (χ0) is 18.0. The molecule has 1 fully saturated rings. The van der Waals surface area contributed by atoms with Crippen molar-refractivity contribution in [2.45, 2.75) is 38.8 Å². The molecule has 0 bridgehead atoms. The minimum atomic E-state index is 0. The third kappa shape index (κ3) is 7.79. The first-order chi connectivity index (χ1) is 12.8. The SMILES string of the molecule is CN=C(NCCc1cccs1)NCc1ccc(CN2CCCCC2)cc1.I. The second-order valence-corrected chi connectivity index (χ2v) is 7.87. The molecule has 1 aliphatic heterocycles. The number of hydrogen-bond acceptors (Lipinski definition) is 3. The highest BCUT2D eigenvalue weighted by Crippen LogP contribution is 2.13. The highest BCUT2D eigenvalue weighted by Gasteiger charge is 2.10. The van der Waals surface area contributed by atoms with Crippen molar-refractivity contribution in [3.05, 3.63) is 57.8 Å². The van der Waals surface area contributed by atoms with Gasteiger partial charge in [0.15, 0.2) is 5.96 Å². The average Bonchev–Trinajstić information content (AvgIpc) is 3.20. The summed E-state index contributed by atoms with van der Waals surface area (Å²) in [5, 5.41) is 8.90. The Labute approximate surface area is 184 Å². The van der Waals surface area contributed by atoms with Gasteiger partial charge < -0.3 is 10.6 Å². The number of likely N-dealkylation sites (tertiary alicyclic amines) is 1. The quantitative estimate of drug-likeness (QED) is 0.341. The largest absolute Gasteiger partial charge is 0.356 e. The minimum Gasteiger partial charge on any atom is -0.356 e. The number of aliphatic imine (C=N–C) groups is 1. The lowest BCUT2D eigenvalue weighted by molar-refractivity contribution is 0.221. The number of guanidine groups is 1. The van der Waals surface area contributed by atoms with Crippen molar-refractivity contribution in [2.24, 2.45) is 4.99 Å². The summed E-state index contributed by atoms with van der Waals surface area (Å²) in [5.41, 5.74) is 2.70. The summed E-state index contributed by atoms with van der Waals surface area (Å²) in [5.74, 6) is 0.860. The van der Waals surface area contributed by atoms with Crippen molar-refractivity contribution in [2.75, 3.05) is 26.7 Å². The van der Waals surface area contributed by atoms with Crippen LogP contribution in [0.3, 0.4) is 0 Å². The van der Waals surface area contributed by atoms with E-state index in [4.69, 9.17) is 0 Å². The van der Waals surface area contributed by atoms with Gasteiger partial charge in [-0.15, -0.1) is 35.3 Å². The summed E-state index contributed by atoms with van der Waals surface area (Å²) in [6.45, 7) is 5.27. The monoisotopic (exact) mass is 498 g/mol. The summed E-state index contributed by atoms with van der Waals surface area (Å²) < 4.78 is 0. The van der Waals surface area contributed by atoms with E-state index in [1.165, 1.54) is 48.4 Å². The van der Waals surface area contributed by atoms with Crippen LogP contribution in [0.5, 0.6) is 0 Å². The normalized spacial score (nSPS) is 15.2. The first-order valence-corrected chi connectivity index (χ1v) is 10.5. The molecule has 0 spiro atoms. The van der Waals surface area contributed by atoms with Crippen molar-refractivity contribution in [3.8, 4) is 0 Å². The lowest BCUT2D eigenvalue weighted by Gasteiger charge is -2.26. The molecule has 4 nitrogen and oxygen atoms in total. The fourth-order valence-electron chi connectivity index (χ4n) is 3.30. The first kappa shape index (κ1) is 22.2. The van der Waals surface area contributed by atoms with Crippen LogP contribution in [0, 0.1) is 0 Å². The van der Waals surface area contributed by atoms with Crippen molar-refractivity contribution in [3.63, 3.8) is 0 Å². The van der Waals surface area contributed by atoms with Gasteiger partial charge in [-0.05, 0) is 54.9 Å². The third-order valence-electron chi connectivity index (χ3n) is 4.81. The molecule has 0 saturated carbocycles. The van der Waals surface area contributed by atoms with Crippen LogP contribution in [0.4, 0.5) is 0 Å². The number of nitrogens with zero attached hydrogens (tertiary/aromatic N) is 2. The van der Waals surface area contributed by atoms with Crippen LogP contribution in [-0.4, -0.2) is 37.5 Å². The van der Waals surface area contributed by atoms with Gasteiger partial charge in [-0.1, -0.05) is 36.8 Å². The predicted molar refractivity (Wildman–Crippen MR) is 127 cm³/mol. The molecular formula is C21H31IN4S. The maximum atomic E-state index is 4.31. The molecule has 1 aliphatic rings. The van der Waals surface area contributed by atoms with Gasteiger partial charge in [0, 0.05) is 31.6 Å². The first-order valence-electron chi connectivity index (χ1n) is 9.60. The summed E-state index contributed by atoms with van der Waals surface area (Å²) >= 11 is 1.80. The van der Waals surface area contributed by atoms with Gasteiger partial charge in [0.05, 0.1) is 0 Å². The Balaban J connectivity index is 0.00000261. The van der Waals surface area contributed by atoms with Crippen molar-refractivity contribution in [1.82, 2.24) is 15.5 Å². The van der Waals surface area contributed by atoms with Gasteiger partial charge in [0.25, 0.3) is 0 Å². The standard InChI is InChI=1S/C21H30N4S.HI/c1-22-21(23-12-11-20-6-5-15-26-20)24-16-18-7-9-19(10-8-18)17-25-13-3-2-4-14-25;/h5-10,15H,2-4,11-14,16-17H2,1H3,(H2,22,23,24);1H. The number of piperidine rings is 1. The molecular weight excluding hydrogens is 467 g/mol. The van der Waals surface area contributed by atoms with Crippen LogP contribution in [0.2, 0.25) is 0 Å². The summed E-state index contributed by atoms with van der Waals surface area (Å²) in [6, 6.07) is 13.3. The van der Waals surface area contributed by atoms with Gasteiger partial charge >= 0.3 is 0 Å². The van der Waals surface area contributed by atoms with Gasteiger partial charge in [-0.2, -0.15) is 0 Å². The Morgan fingerprint density at radius 3 is 2.44 bits per heavy atom. The highest BCUT2D eigenvalue weighted by atomic mass is 127. The van der Waals surface area contributed by atoms with Crippen molar-refractivity contribution in [1.29, 1.82) is 0 Å². The zero-order valence-corrected chi connectivity index (χ0v) is 19.3. The molecule has 0 aliphatic carbocycles. The van der Waals surface area contributed by atoms with E-state index in [9.17, 15) is 0 Å². The summed E-state index contributed by atoms with van der Waals surface area (Å²) in [6.07, 6.45) is 5.12. The van der Waals surface area contributed by atoms with E-state index in [0.717, 1.165) is 32.0 Å². The van der Waals surface area contributed by atoms with Crippen molar-refractivity contribution >= 4 is 41.3 Å². The van der Waals surface area contributed by atoms with Crippen LogP contribution in [-0.2, 0) is 19.5 Å². The minimum absolute atomic E-state index is 0. The van der Waals surface area contributed by atoms with E-state index in [2.05, 4.69) is 62.3 Å². The fraction of sp³-hybridized carbons (Fsp3) is 0.476. The van der Waals surface area contributed by atoms with Crippen LogP contribution < -0.4 is 10.6 Å². The van der Waals surface area contributed by atoms with Crippen molar-refractivity contribution < 1.29 is 0 Å². The van der Waals surface area contributed by atoms with Gasteiger partial charge in [0.1, 0.15) is 0 Å². The molecule has 0 unspecified atom stereocenters. The number of halogens is 1. The topological polar surface area (TPSA) is 39.7 Å². The van der Waals surface area contributed by atoms with E-state index < -0.39 is 0 Å². The Kier molecular flexibility index (Phi) is 10.2. The van der Waals surface area contributed by atoms with Gasteiger partial charge in [-0.25, -0.2) is 0 Å². The molecule has 1 saturated heterocycles. The lowest BCUT2D eigenvalue weighted by Crippen LogP contribution is -2.37. The maximum Gasteiger partial charge on any atom is 0.191 e. The predicted octanol–water partition coefficient (Wildman–Crippen LogP) is 4.26. The number of thiophene rings is 1. The molecule has 2 N–H and O–H groups in total.